The summed E-state index contributed by atoms with van der Waals surface area (Å²) in [4.78, 5) is 4.34. The predicted molar refractivity (Wildman–Crippen MR) is 85.1 cm³/mol. The second-order valence-electron chi connectivity index (χ2n) is 5.12. The summed E-state index contributed by atoms with van der Waals surface area (Å²) in [7, 11) is 0. The Morgan fingerprint density at radius 2 is 2.14 bits per heavy atom. The molecule has 0 amide bonds. The van der Waals surface area contributed by atoms with Gasteiger partial charge >= 0.3 is 0 Å². The smallest absolute Gasteiger partial charge is 0.123 e. The minimum Gasteiger partial charge on any atom is -0.310 e. The molecule has 2 rings (SSSR count). The molecule has 0 spiro atoms. The van der Waals surface area contributed by atoms with E-state index in [0.717, 1.165) is 29.8 Å². The average Bonchev–Trinajstić information content (AvgIpc) is 2.48. The van der Waals surface area contributed by atoms with Crippen molar-refractivity contribution in [3.63, 3.8) is 0 Å². The molecule has 1 unspecified atom stereocenters. The minimum absolute atomic E-state index is 0.0814. The third-order valence-electron chi connectivity index (χ3n) is 3.50. The van der Waals surface area contributed by atoms with E-state index in [4.69, 9.17) is 11.6 Å². The van der Waals surface area contributed by atoms with Crippen LogP contribution < -0.4 is 5.32 Å². The zero-order valence-corrected chi connectivity index (χ0v) is 13.1. The second kappa shape index (κ2) is 7.53. The summed E-state index contributed by atoms with van der Waals surface area (Å²) in [5.41, 5.74) is 2.93. The number of nitrogens with zero attached hydrogens (tertiary/aromatic N) is 1. The van der Waals surface area contributed by atoms with Gasteiger partial charge in [0.2, 0.25) is 0 Å². The molecule has 0 fully saturated rings. The quantitative estimate of drug-likeness (QED) is 0.852. The van der Waals surface area contributed by atoms with Crippen LogP contribution in [0.15, 0.2) is 36.5 Å². The van der Waals surface area contributed by atoms with E-state index >= 15 is 0 Å². The maximum atomic E-state index is 13.4. The molecule has 2 nitrogen and oxygen atoms in total. The zero-order valence-electron chi connectivity index (χ0n) is 12.4. The topological polar surface area (TPSA) is 24.9 Å². The number of nitrogens with one attached hydrogen (secondary N) is 1. The molecule has 0 saturated carbocycles. The number of halogens is 2. The molecule has 2 aromatic rings. The number of aromatic nitrogens is 1. The van der Waals surface area contributed by atoms with Crippen molar-refractivity contribution < 1.29 is 4.39 Å². The van der Waals surface area contributed by atoms with Gasteiger partial charge in [-0.15, -0.1) is 0 Å². The monoisotopic (exact) mass is 306 g/mol. The normalized spacial score (nSPS) is 12.4. The number of rotatable bonds is 6. The summed E-state index contributed by atoms with van der Waals surface area (Å²) in [5, 5.41) is 4.10. The van der Waals surface area contributed by atoms with Gasteiger partial charge in [0.15, 0.2) is 0 Å². The fraction of sp³-hybridized carbons (Fsp3) is 0.353. The van der Waals surface area contributed by atoms with Gasteiger partial charge in [0.05, 0.1) is 0 Å². The van der Waals surface area contributed by atoms with E-state index in [9.17, 15) is 4.39 Å². The van der Waals surface area contributed by atoms with Crippen molar-refractivity contribution in [2.45, 2.75) is 32.7 Å². The number of hydrogen-bond donors (Lipinski definition) is 1. The lowest BCUT2D eigenvalue weighted by molar-refractivity contribution is 0.523. The fourth-order valence-electron chi connectivity index (χ4n) is 2.40. The fourth-order valence-corrected chi connectivity index (χ4v) is 2.59. The van der Waals surface area contributed by atoms with Crippen molar-refractivity contribution in [2.24, 2.45) is 0 Å². The third-order valence-corrected chi connectivity index (χ3v) is 3.86. The van der Waals surface area contributed by atoms with Crippen molar-refractivity contribution >= 4 is 11.6 Å². The molecule has 0 aliphatic heterocycles. The second-order valence-corrected chi connectivity index (χ2v) is 5.53. The van der Waals surface area contributed by atoms with Gasteiger partial charge in [-0.3, -0.25) is 4.98 Å². The molecule has 0 aliphatic carbocycles. The van der Waals surface area contributed by atoms with Gasteiger partial charge in [0, 0.05) is 23.0 Å². The van der Waals surface area contributed by atoms with Gasteiger partial charge in [-0.25, -0.2) is 4.39 Å². The Bertz CT molecular complexity index is 601. The maximum absolute atomic E-state index is 13.4. The molecular weight excluding hydrogens is 287 g/mol. The van der Waals surface area contributed by atoms with Gasteiger partial charge < -0.3 is 5.32 Å². The molecule has 21 heavy (non-hydrogen) atoms. The van der Waals surface area contributed by atoms with Gasteiger partial charge in [0.25, 0.3) is 0 Å². The van der Waals surface area contributed by atoms with Crippen LogP contribution in [0, 0.1) is 12.7 Å². The Morgan fingerprint density at radius 1 is 1.33 bits per heavy atom. The highest BCUT2D eigenvalue weighted by Gasteiger charge is 2.16. The highest BCUT2D eigenvalue weighted by Crippen LogP contribution is 2.25. The molecule has 0 bridgehead atoms. The van der Waals surface area contributed by atoms with E-state index in [0.29, 0.717) is 11.4 Å². The van der Waals surface area contributed by atoms with Gasteiger partial charge in [0.1, 0.15) is 5.82 Å². The Labute approximate surface area is 130 Å². The van der Waals surface area contributed by atoms with Crippen LogP contribution in [-0.4, -0.2) is 11.5 Å². The molecule has 4 heteroatoms. The van der Waals surface area contributed by atoms with Gasteiger partial charge in [-0.05, 0) is 61.7 Å². The van der Waals surface area contributed by atoms with Crippen LogP contribution in [0.4, 0.5) is 4.39 Å². The Balaban J connectivity index is 2.28. The predicted octanol–water partition coefficient (Wildman–Crippen LogP) is 4.47. The van der Waals surface area contributed by atoms with Crippen LogP contribution in [0.3, 0.4) is 0 Å². The van der Waals surface area contributed by atoms with Crippen molar-refractivity contribution in [3.05, 3.63) is 64.2 Å². The van der Waals surface area contributed by atoms with Crippen molar-refractivity contribution in [2.75, 3.05) is 6.54 Å². The lowest BCUT2D eigenvalue weighted by atomic mass is 9.97. The maximum Gasteiger partial charge on any atom is 0.123 e. The van der Waals surface area contributed by atoms with E-state index < -0.39 is 0 Å². The van der Waals surface area contributed by atoms with E-state index in [1.807, 2.05) is 13.0 Å². The molecular formula is C17H20ClFN2. The van der Waals surface area contributed by atoms with Crippen LogP contribution in [0.1, 0.15) is 36.2 Å². The van der Waals surface area contributed by atoms with E-state index in [1.54, 1.807) is 12.3 Å². The van der Waals surface area contributed by atoms with Gasteiger partial charge in [-0.2, -0.15) is 0 Å². The number of aryl methyl sites for hydroxylation is 1. The van der Waals surface area contributed by atoms with E-state index in [1.165, 1.54) is 12.1 Å². The largest absolute Gasteiger partial charge is 0.310 e. The molecule has 0 saturated heterocycles. The van der Waals surface area contributed by atoms with Crippen molar-refractivity contribution in [1.82, 2.24) is 10.3 Å². The summed E-state index contributed by atoms with van der Waals surface area (Å²) in [6.07, 6.45) is 3.46. The first kappa shape index (κ1) is 15.9. The van der Waals surface area contributed by atoms with Crippen LogP contribution in [-0.2, 0) is 6.42 Å². The summed E-state index contributed by atoms with van der Waals surface area (Å²) >= 11 is 6.19. The molecule has 1 heterocycles. The summed E-state index contributed by atoms with van der Waals surface area (Å²) in [6, 6.07) is 8.57. The molecule has 1 aromatic carbocycles. The third kappa shape index (κ3) is 4.26. The molecule has 112 valence electrons. The van der Waals surface area contributed by atoms with Crippen LogP contribution in [0.25, 0.3) is 0 Å². The molecule has 1 atom stereocenters. The van der Waals surface area contributed by atoms with Gasteiger partial charge in [-0.1, -0.05) is 24.6 Å². The first-order chi connectivity index (χ1) is 10.1. The van der Waals surface area contributed by atoms with Crippen molar-refractivity contribution in [3.8, 4) is 0 Å². The van der Waals surface area contributed by atoms with Crippen LogP contribution in [0.5, 0.6) is 0 Å². The summed E-state index contributed by atoms with van der Waals surface area (Å²) < 4.78 is 13.4. The first-order valence-electron chi connectivity index (χ1n) is 7.20. The minimum atomic E-state index is -0.258. The highest BCUT2D eigenvalue weighted by atomic mass is 35.5. The SMILES string of the molecule is CCCNC(Cc1cc(F)ccc1Cl)c1cccnc1C. The molecule has 0 radical (unpaired) electrons. The number of benzene rings is 1. The van der Waals surface area contributed by atoms with Crippen molar-refractivity contribution in [1.29, 1.82) is 0 Å². The number of hydrogen-bond acceptors (Lipinski definition) is 2. The summed E-state index contributed by atoms with van der Waals surface area (Å²) in [5.74, 6) is -0.258. The van der Waals surface area contributed by atoms with E-state index in [-0.39, 0.29) is 11.9 Å². The zero-order chi connectivity index (χ0) is 15.2. The lowest BCUT2D eigenvalue weighted by Crippen LogP contribution is -2.25. The first-order valence-corrected chi connectivity index (χ1v) is 7.58. The molecule has 1 N–H and O–H groups in total. The Hall–Kier alpha value is -1.45. The van der Waals surface area contributed by atoms with E-state index in [2.05, 4.69) is 23.3 Å². The van der Waals surface area contributed by atoms with Crippen LogP contribution >= 0.6 is 11.6 Å². The number of pyridine rings is 1. The van der Waals surface area contributed by atoms with Crippen LogP contribution in [0.2, 0.25) is 5.02 Å². The highest BCUT2D eigenvalue weighted by molar-refractivity contribution is 6.31. The lowest BCUT2D eigenvalue weighted by Gasteiger charge is -2.21. The molecule has 0 aliphatic rings. The summed E-state index contributed by atoms with van der Waals surface area (Å²) in [6.45, 7) is 5.00. The molecule has 1 aromatic heterocycles. The Kier molecular flexibility index (Phi) is 5.71. The Morgan fingerprint density at radius 3 is 2.86 bits per heavy atom. The standard InChI is InChI=1S/C17H20ClFN2/c1-3-8-21-17(15-5-4-9-20-12(15)2)11-13-10-14(19)6-7-16(13)18/h4-7,9-10,17,21H,3,8,11H2,1-2H3. The average molecular weight is 307 g/mol.